The van der Waals surface area contributed by atoms with Gasteiger partial charge in [-0.05, 0) is 38.4 Å². The zero-order chi connectivity index (χ0) is 14.7. The van der Waals surface area contributed by atoms with Gasteiger partial charge in [0.25, 0.3) is 0 Å². The van der Waals surface area contributed by atoms with Crippen LogP contribution in [0.3, 0.4) is 0 Å². The van der Waals surface area contributed by atoms with Gasteiger partial charge in [-0.1, -0.05) is 5.21 Å². The molecular formula is C13H15FN4O2. The zero-order valence-corrected chi connectivity index (χ0v) is 11.2. The minimum Gasteiger partial charge on any atom is -0.476 e. The van der Waals surface area contributed by atoms with Crippen molar-refractivity contribution in [3.05, 3.63) is 35.8 Å². The molecule has 7 heteroatoms. The highest BCUT2D eigenvalue weighted by Crippen LogP contribution is 2.22. The molecule has 0 saturated carbocycles. The molecule has 0 aliphatic rings. The Hall–Kier alpha value is -2.28. The second-order valence-electron chi connectivity index (χ2n) is 4.63. The normalized spacial score (nSPS) is 11.0. The Labute approximate surface area is 115 Å². The van der Waals surface area contributed by atoms with Gasteiger partial charge in [0, 0.05) is 12.1 Å². The molecule has 0 atom stereocenters. The number of hydrogen-bond donors (Lipinski definition) is 1. The van der Waals surface area contributed by atoms with Crippen molar-refractivity contribution in [3.8, 4) is 11.3 Å². The number of aromatic nitrogens is 3. The van der Waals surface area contributed by atoms with E-state index in [4.69, 9.17) is 0 Å². The molecule has 20 heavy (non-hydrogen) atoms. The summed E-state index contributed by atoms with van der Waals surface area (Å²) in [6, 6.07) is 5.60. The van der Waals surface area contributed by atoms with E-state index in [0.717, 1.165) is 0 Å². The average Bonchev–Trinajstić information content (AvgIpc) is 2.81. The lowest BCUT2D eigenvalue weighted by Gasteiger charge is -2.11. The highest BCUT2D eigenvalue weighted by atomic mass is 19.1. The summed E-state index contributed by atoms with van der Waals surface area (Å²) < 4.78 is 14.5. The Morgan fingerprint density at radius 3 is 2.55 bits per heavy atom. The fourth-order valence-corrected chi connectivity index (χ4v) is 1.80. The van der Waals surface area contributed by atoms with Gasteiger partial charge < -0.3 is 10.0 Å². The van der Waals surface area contributed by atoms with E-state index >= 15 is 0 Å². The van der Waals surface area contributed by atoms with E-state index in [2.05, 4.69) is 10.3 Å². The summed E-state index contributed by atoms with van der Waals surface area (Å²) in [7, 11) is 3.82. The van der Waals surface area contributed by atoms with Crippen molar-refractivity contribution in [3.63, 3.8) is 0 Å². The van der Waals surface area contributed by atoms with Gasteiger partial charge in [0.15, 0.2) is 5.69 Å². The highest BCUT2D eigenvalue weighted by molar-refractivity contribution is 5.92. The number of rotatable bonds is 5. The first-order valence-electron chi connectivity index (χ1n) is 6.06. The molecule has 0 bridgehead atoms. The molecule has 0 spiro atoms. The van der Waals surface area contributed by atoms with E-state index in [-0.39, 0.29) is 11.5 Å². The monoisotopic (exact) mass is 278 g/mol. The molecule has 2 rings (SSSR count). The third-order valence-electron chi connectivity index (χ3n) is 2.81. The standard InChI is InChI=1S/C13H15FN4O2/c1-17(2)7-8-18-12(11(13(19)20)15-16-18)9-3-5-10(14)6-4-9/h3-6H,7-8H2,1-2H3,(H,19,20). The molecule has 6 nitrogen and oxygen atoms in total. The molecule has 1 aromatic carbocycles. The van der Waals surface area contributed by atoms with Crippen LogP contribution in [0.2, 0.25) is 0 Å². The second-order valence-corrected chi connectivity index (χ2v) is 4.63. The van der Waals surface area contributed by atoms with Gasteiger partial charge >= 0.3 is 5.97 Å². The lowest BCUT2D eigenvalue weighted by atomic mass is 10.1. The maximum Gasteiger partial charge on any atom is 0.358 e. The van der Waals surface area contributed by atoms with Crippen LogP contribution in [0, 0.1) is 5.82 Å². The third kappa shape index (κ3) is 3.00. The molecular weight excluding hydrogens is 263 g/mol. The summed E-state index contributed by atoms with van der Waals surface area (Å²) in [5.41, 5.74) is 0.835. The molecule has 0 amide bonds. The van der Waals surface area contributed by atoms with Gasteiger partial charge in [0.05, 0.1) is 6.54 Å². The van der Waals surface area contributed by atoms with Crippen LogP contribution in [0.15, 0.2) is 24.3 Å². The van der Waals surface area contributed by atoms with E-state index in [1.807, 2.05) is 19.0 Å². The van der Waals surface area contributed by atoms with E-state index in [1.165, 1.54) is 28.9 Å². The van der Waals surface area contributed by atoms with E-state index in [9.17, 15) is 14.3 Å². The number of carbonyl (C=O) groups is 1. The molecule has 0 aliphatic carbocycles. The van der Waals surface area contributed by atoms with Crippen LogP contribution in [0.25, 0.3) is 11.3 Å². The molecule has 0 unspecified atom stereocenters. The highest BCUT2D eigenvalue weighted by Gasteiger charge is 2.20. The first-order valence-corrected chi connectivity index (χ1v) is 6.06. The van der Waals surface area contributed by atoms with Crippen molar-refractivity contribution in [2.24, 2.45) is 0 Å². The number of carboxylic acid groups (broad SMARTS) is 1. The SMILES string of the molecule is CN(C)CCn1nnc(C(=O)O)c1-c1ccc(F)cc1. The summed E-state index contributed by atoms with van der Waals surface area (Å²) in [5, 5.41) is 16.7. The number of aromatic carboxylic acids is 1. The van der Waals surface area contributed by atoms with Crippen LogP contribution in [-0.2, 0) is 6.54 Å². The largest absolute Gasteiger partial charge is 0.476 e. The Bertz CT molecular complexity index is 607. The number of nitrogens with zero attached hydrogens (tertiary/aromatic N) is 4. The second kappa shape index (κ2) is 5.79. The smallest absolute Gasteiger partial charge is 0.358 e. The summed E-state index contributed by atoms with van der Waals surface area (Å²) in [6.07, 6.45) is 0. The van der Waals surface area contributed by atoms with E-state index < -0.39 is 5.97 Å². The van der Waals surface area contributed by atoms with E-state index in [0.29, 0.717) is 24.3 Å². The lowest BCUT2D eigenvalue weighted by molar-refractivity contribution is 0.0691. The lowest BCUT2D eigenvalue weighted by Crippen LogP contribution is -2.19. The topological polar surface area (TPSA) is 71.2 Å². The van der Waals surface area contributed by atoms with Crippen LogP contribution < -0.4 is 0 Å². The number of hydrogen-bond acceptors (Lipinski definition) is 4. The van der Waals surface area contributed by atoms with Crippen LogP contribution in [0.1, 0.15) is 10.5 Å². The molecule has 2 aromatic rings. The molecule has 0 saturated heterocycles. The third-order valence-corrected chi connectivity index (χ3v) is 2.81. The summed E-state index contributed by atoms with van der Waals surface area (Å²) in [5.74, 6) is -1.53. The molecule has 1 heterocycles. The fraction of sp³-hybridized carbons (Fsp3) is 0.308. The van der Waals surface area contributed by atoms with Gasteiger partial charge in [0.2, 0.25) is 0 Å². The Morgan fingerprint density at radius 2 is 2.00 bits per heavy atom. The van der Waals surface area contributed by atoms with Crippen LogP contribution in [0.5, 0.6) is 0 Å². The van der Waals surface area contributed by atoms with Crippen molar-refractivity contribution in [1.29, 1.82) is 0 Å². The molecule has 0 aliphatic heterocycles. The summed E-state index contributed by atoms with van der Waals surface area (Å²) in [6.45, 7) is 1.19. The van der Waals surface area contributed by atoms with Gasteiger partial charge in [-0.15, -0.1) is 5.10 Å². The predicted molar refractivity (Wildman–Crippen MR) is 70.9 cm³/mol. The van der Waals surface area contributed by atoms with Crippen LogP contribution >= 0.6 is 0 Å². The number of carboxylic acids is 1. The van der Waals surface area contributed by atoms with Gasteiger partial charge in [-0.25, -0.2) is 13.9 Å². The maximum absolute atomic E-state index is 13.0. The summed E-state index contributed by atoms with van der Waals surface area (Å²) >= 11 is 0. The Kier molecular flexibility index (Phi) is 4.09. The van der Waals surface area contributed by atoms with Crippen molar-refractivity contribution >= 4 is 5.97 Å². The molecule has 1 N–H and O–H groups in total. The number of halogens is 1. The van der Waals surface area contributed by atoms with Crippen LogP contribution in [-0.4, -0.2) is 51.6 Å². The molecule has 0 fully saturated rings. The van der Waals surface area contributed by atoms with E-state index in [1.54, 1.807) is 0 Å². The molecule has 1 aromatic heterocycles. The Balaban J connectivity index is 2.44. The van der Waals surface area contributed by atoms with Crippen LogP contribution in [0.4, 0.5) is 4.39 Å². The maximum atomic E-state index is 13.0. The zero-order valence-electron chi connectivity index (χ0n) is 11.2. The number of likely N-dealkylation sites (N-methyl/N-ethyl adjacent to an activating group) is 1. The Morgan fingerprint density at radius 1 is 1.35 bits per heavy atom. The quantitative estimate of drug-likeness (QED) is 0.893. The first kappa shape index (κ1) is 14.1. The van der Waals surface area contributed by atoms with Crippen molar-refractivity contribution in [2.45, 2.75) is 6.54 Å². The van der Waals surface area contributed by atoms with Gasteiger partial charge in [-0.2, -0.15) is 0 Å². The minimum absolute atomic E-state index is 0.129. The first-order chi connectivity index (χ1) is 9.49. The fourth-order valence-electron chi connectivity index (χ4n) is 1.80. The van der Waals surface area contributed by atoms with Crippen molar-refractivity contribution < 1.29 is 14.3 Å². The van der Waals surface area contributed by atoms with Crippen molar-refractivity contribution in [2.75, 3.05) is 20.6 Å². The van der Waals surface area contributed by atoms with Gasteiger partial charge in [0.1, 0.15) is 11.5 Å². The predicted octanol–water partition coefficient (Wildman–Crippen LogP) is 1.34. The van der Waals surface area contributed by atoms with Crippen molar-refractivity contribution in [1.82, 2.24) is 19.9 Å². The molecule has 106 valence electrons. The number of benzene rings is 1. The van der Waals surface area contributed by atoms with Gasteiger partial charge in [-0.3, -0.25) is 0 Å². The summed E-state index contributed by atoms with van der Waals surface area (Å²) in [4.78, 5) is 13.2. The average molecular weight is 278 g/mol. The molecule has 0 radical (unpaired) electrons. The minimum atomic E-state index is -1.15.